The largest absolute Gasteiger partial charge is 0.385 e. The number of halogens is 1. The normalized spacial score (nSPS) is 16.2. The molecule has 0 radical (unpaired) electrons. The van der Waals surface area contributed by atoms with Crippen LogP contribution in [0, 0.1) is 0 Å². The second kappa shape index (κ2) is 9.28. The highest BCUT2D eigenvalue weighted by Crippen LogP contribution is 2.49. The maximum Gasteiger partial charge on any atom is 0.191 e. The third-order valence-electron chi connectivity index (χ3n) is 4.43. The van der Waals surface area contributed by atoms with Crippen LogP contribution in [0.3, 0.4) is 0 Å². The van der Waals surface area contributed by atoms with Gasteiger partial charge in [-0.05, 0) is 43.7 Å². The van der Waals surface area contributed by atoms with Crippen molar-refractivity contribution < 1.29 is 4.74 Å². The van der Waals surface area contributed by atoms with Crippen molar-refractivity contribution >= 4 is 21.9 Å². The van der Waals surface area contributed by atoms with Crippen molar-refractivity contribution in [1.29, 1.82) is 0 Å². The van der Waals surface area contributed by atoms with Crippen molar-refractivity contribution in [3.8, 4) is 0 Å². The molecule has 0 atom stereocenters. The maximum atomic E-state index is 5.06. The number of hydrogen-bond donors (Lipinski definition) is 2. The number of guanidine groups is 1. The summed E-state index contributed by atoms with van der Waals surface area (Å²) in [6, 6.07) is 8.54. The van der Waals surface area contributed by atoms with Crippen LogP contribution in [0.5, 0.6) is 0 Å². The van der Waals surface area contributed by atoms with Gasteiger partial charge in [-0.3, -0.25) is 4.99 Å². The molecule has 0 aliphatic heterocycles. The maximum absolute atomic E-state index is 5.06. The minimum atomic E-state index is 0.260. The Morgan fingerprint density at radius 2 is 2.00 bits per heavy atom. The summed E-state index contributed by atoms with van der Waals surface area (Å²) >= 11 is 3.68. The summed E-state index contributed by atoms with van der Waals surface area (Å²) in [6.45, 7) is 2.73. The van der Waals surface area contributed by atoms with E-state index in [1.807, 2.05) is 7.05 Å². The fourth-order valence-electron chi connectivity index (χ4n) is 2.81. The molecule has 1 fully saturated rings. The summed E-state index contributed by atoms with van der Waals surface area (Å²) in [7, 11) is 3.58. The molecule has 0 unspecified atom stereocenters. The second-order valence-electron chi connectivity index (χ2n) is 6.17. The summed E-state index contributed by atoms with van der Waals surface area (Å²) in [5.74, 6) is 0.898. The molecule has 0 bridgehead atoms. The molecule has 0 aromatic heterocycles. The van der Waals surface area contributed by atoms with Crippen LogP contribution in [0.15, 0.2) is 33.7 Å². The van der Waals surface area contributed by atoms with Gasteiger partial charge in [-0.15, -0.1) is 0 Å². The quantitative estimate of drug-likeness (QED) is 0.391. The second-order valence-corrected chi connectivity index (χ2v) is 7.02. The van der Waals surface area contributed by atoms with Gasteiger partial charge in [0.1, 0.15) is 0 Å². The van der Waals surface area contributed by atoms with Gasteiger partial charge in [-0.25, -0.2) is 0 Å². The molecule has 1 saturated carbocycles. The van der Waals surface area contributed by atoms with Crippen LogP contribution in [0.2, 0.25) is 0 Å². The van der Waals surface area contributed by atoms with E-state index in [0.29, 0.717) is 0 Å². The van der Waals surface area contributed by atoms with Gasteiger partial charge in [0.25, 0.3) is 0 Å². The average molecular weight is 382 g/mol. The van der Waals surface area contributed by atoms with E-state index in [1.54, 1.807) is 7.11 Å². The summed E-state index contributed by atoms with van der Waals surface area (Å²) in [6.07, 6.45) is 5.90. The predicted molar refractivity (Wildman–Crippen MR) is 100 cm³/mol. The van der Waals surface area contributed by atoms with Gasteiger partial charge in [-0.1, -0.05) is 34.1 Å². The first kappa shape index (κ1) is 18.3. The lowest BCUT2D eigenvalue weighted by atomic mass is 9.96. The highest BCUT2D eigenvalue weighted by Gasteiger charge is 2.45. The van der Waals surface area contributed by atoms with E-state index in [9.17, 15) is 0 Å². The van der Waals surface area contributed by atoms with E-state index in [0.717, 1.165) is 38.5 Å². The average Bonchev–Trinajstić information content (AvgIpc) is 3.35. The third kappa shape index (κ3) is 5.50. The van der Waals surface area contributed by atoms with Gasteiger partial charge in [0.15, 0.2) is 5.96 Å². The van der Waals surface area contributed by atoms with Gasteiger partial charge in [0, 0.05) is 43.7 Å². The summed E-state index contributed by atoms with van der Waals surface area (Å²) in [5, 5.41) is 6.89. The molecule has 23 heavy (non-hydrogen) atoms. The molecule has 2 N–H and O–H groups in total. The lowest BCUT2D eigenvalue weighted by Crippen LogP contribution is -2.41. The van der Waals surface area contributed by atoms with Crippen molar-refractivity contribution in [2.75, 3.05) is 33.9 Å². The van der Waals surface area contributed by atoms with Crippen LogP contribution >= 0.6 is 15.9 Å². The van der Waals surface area contributed by atoms with Gasteiger partial charge in [0.05, 0.1) is 0 Å². The number of rotatable bonds is 9. The zero-order valence-corrected chi connectivity index (χ0v) is 15.8. The topological polar surface area (TPSA) is 45.7 Å². The van der Waals surface area contributed by atoms with E-state index in [2.05, 4.69) is 55.8 Å². The van der Waals surface area contributed by atoms with Gasteiger partial charge in [-0.2, -0.15) is 0 Å². The Kier molecular flexibility index (Phi) is 7.37. The van der Waals surface area contributed by atoms with Gasteiger partial charge >= 0.3 is 0 Å². The molecular formula is C18H28BrN3O. The smallest absolute Gasteiger partial charge is 0.191 e. The molecule has 0 spiro atoms. The molecule has 0 amide bonds. The molecule has 2 rings (SSSR count). The van der Waals surface area contributed by atoms with E-state index in [4.69, 9.17) is 4.74 Å². The zero-order chi connectivity index (χ0) is 16.5. The lowest BCUT2D eigenvalue weighted by molar-refractivity contribution is 0.192. The van der Waals surface area contributed by atoms with Crippen LogP contribution in [-0.2, 0) is 10.2 Å². The van der Waals surface area contributed by atoms with E-state index in [1.165, 1.54) is 29.3 Å². The van der Waals surface area contributed by atoms with Crippen LogP contribution in [0.4, 0.5) is 0 Å². The predicted octanol–water partition coefficient (Wildman–Crippen LogP) is 3.46. The number of benzene rings is 1. The lowest BCUT2D eigenvalue weighted by Gasteiger charge is -2.20. The molecule has 1 aliphatic carbocycles. The van der Waals surface area contributed by atoms with Crippen LogP contribution in [0.1, 0.15) is 37.7 Å². The molecule has 1 aromatic rings. The number of nitrogens with one attached hydrogen (secondary N) is 2. The minimum Gasteiger partial charge on any atom is -0.385 e. The SMILES string of the molecule is CN=C(NCCCCCOC)NCC1(c2ccccc2Br)CC1. The Morgan fingerprint density at radius 1 is 1.22 bits per heavy atom. The first-order valence-electron chi connectivity index (χ1n) is 8.40. The first-order chi connectivity index (χ1) is 11.2. The molecule has 5 heteroatoms. The number of unbranched alkanes of at least 4 members (excludes halogenated alkanes) is 2. The Morgan fingerprint density at radius 3 is 2.65 bits per heavy atom. The Balaban J connectivity index is 1.74. The molecular weight excluding hydrogens is 354 g/mol. The minimum absolute atomic E-state index is 0.260. The Hall–Kier alpha value is -1.07. The molecule has 128 valence electrons. The van der Waals surface area contributed by atoms with Crippen LogP contribution in [0.25, 0.3) is 0 Å². The fourth-order valence-corrected chi connectivity index (χ4v) is 3.52. The van der Waals surface area contributed by atoms with Crippen molar-refractivity contribution in [3.63, 3.8) is 0 Å². The van der Waals surface area contributed by atoms with Crippen LogP contribution < -0.4 is 10.6 Å². The monoisotopic (exact) mass is 381 g/mol. The van der Waals surface area contributed by atoms with E-state index < -0.39 is 0 Å². The summed E-state index contributed by atoms with van der Waals surface area (Å²) in [5.41, 5.74) is 1.67. The highest BCUT2D eigenvalue weighted by atomic mass is 79.9. The first-order valence-corrected chi connectivity index (χ1v) is 9.19. The van der Waals surface area contributed by atoms with E-state index >= 15 is 0 Å². The molecule has 1 aromatic carbocycles. The highest BCUT2D eigenvalue weighted by molar-refractivity contribution is 9.10. The Bertz CT molecular complexity index is 515. The number of nitrogens with zero attached hydrogens (tertiary/aromatic N) is 1. The molecule has 4 nitrogen and oxygen atoms in total. The third-order valence-corrected chi connectivity index (χ3v) is 5.13. The number of ether oxygens (including phenoxy) is 1. The number of aliphatic imine (C=N–C) groups is 1. The number of methoxy groups -OCH3 is 1. The zero-order valence-electron chi connectivity index (χ0n) is 14.2. The number of hydrogen-bond acceptors (Lipinski definition) is 2. The van der Waals surface area contributed by atoms with Crippen molar-refractivity contribution in [3.05, 3.63) is 34.3 Å². The summed E-state index contributed by atoms with van der Waals surface area (Å²) < 4.78 is 6.27. The molecule has 0 saturated heterocycles. The van der Waals surface area contributed by atoms with Crippen molar-refractivity contribution in [2.24, 2.45) is 4.99 Å². The van der Waals surface area contributed by atoms with Gasteiger partial charge in [0.2, 0.25) is 0 Å². The molecule has 1 aliphatic rings. The van der Waals surface area contributed by atoms with Crippen LogP contribution in [-0.4, -0.2) is 39.8 Å². The van der Waals surface area contributed by atoms with Gasteiger partial charge < -0.3 is 15.4 Å². The fraction of sp³-hybridized carbons (Fsp3) is 0.611. The molecule has 0 heterocycles. The summed E-state index contributed by atoms with van der Waals surface area (Å²) in [4.78, 5) is 4.33. The van der Waals surface area contributed by atoms with E-state index in [-0.39, 0.29) is 5.41 Å². The van der Waals surface area contributed by atoms with Crippen molar-refractivity contribution in [2.45, 2.75) is 37.5 Å². The van der Waals surface area contributed by atoms with Crippen molar-refractivity contribution in [1.82, 2.24) is 10.6 Å². The standard InChI is InChI=1S/C18H28BrN3O/c1-20-17(21-12-6-3-7-13-23-2)22-14-18(10-11-18)15-8-4-5-9-16(15)19/h4-5,8-9H,3,6-7,10-14H2,1-2H3,(H2,20,21,22). The Labute approximate surface area is 148 Å².